The number of ether oxygens (including phenoxy) is 1. The van der Waals surface area contributed by atoms with Gasteiger partial charge in [-0.1, -0.05) is 18.2 Å². The summed E-state index contributed by atoms with van der Waals surface area (Å²) in [6.45, 7) is 2.70. The van der Waals surface area contributed by atoms with Gasteiger partial charge in [0.25, 0.3) is 5.91 Å². The van der Waals surface area contributed by atoms with Crippen molar-refractivity contribution in [3.05, 3.63) is 29.8 Å². The Morgan fingerprint density at radius 1 is 1.47 bits per heavy atom. The van der Waals surface area contributed by atoms with E-state index < -0.39 is 0 Å². The zero-order valence-electron chi connectivity index (χ0n) is 11.3. The zero-order valence-corrected chi connectivity index (χ0v) is 11.3. The maximum Gasteiger partial charge on any atom is 0.264 e. The number of carbonyl (C=O) groups is 1. The van der Waals surface area contributed by atoms with Crippen molar-refractivity contribution < 1.29 is 9.53 Å². The molecule has 4 nitrogen and oxygen atoms in total. The van der Waals surface area contributed by atoms with Crippen LogP contribution in [0.3, 0.4) is 0 Å². The monoisotopic (exact) mass is 260 g/mol. The number of benzene rings is 1. The van der Waals surface area contributed by atoms with Crippen LogP contribution in [0.15, 0.2) is 24.3 Å². The van der Waals surface area contributed by atoms with E-state index in [1.54, 1.807) is 0 Å². The minimum absolute atomic E-state index is 0.148. The van der Waals surface area contributed by atoms with Gasteiger partial charge in [0, 0.05) is 19.5 Å². The average Bonchev–Trinajstić information content (AvgIpc) is 3.04. The molecule has 2 aliphatic rings. The van der Waals surface area contributed by atoms with Crippen LogP contribution in [0.5, 0.6) is 5.75 Å². The maximum atomic E-state index is 12.4. The van der Waals surface area contributed by atoms with Gasteiger partial charge in [0.2, 0.25) is 0 Å². The Morgan fingerprint density at radius 2 is 2.32 bits per heavy atom. The molecule has 4 heteroatoms. The van der Waals surface area contributed by atoms with Crippen molar-refractivity contribution in [2.45, 2.75) is 18.9 Å². The highest BCUT2D eigenvalue weighted by molar-refractivity contribution is 5.83. The van der Waals surface area contributed by atoms with Gasteiger partial charge in [0.1, 0.15) is 5.75 Å². The molecular formula is C15H20N2O2. The SMILES string of the molecule is CNCC1CCN(C(=O)C2Cc3ccccc3O2)C1. The molecule has 0 aromatic heterocycles. The lowest BCUT2D eigenvalue weighted by Gasteiger charge is -2.20. The van der Waals surface area contributed by atoms with Crippen molar-refractivity contribution in [3.8, 4) is 5.75 Å². The van der Waals surface area contributed by atoms with Crippen molar-refractivity contribution in [1.29, 1.82) is 0 Å². The molecule has 3 rings (SSSR count). The summed E-state index contributed by atoms with van der Waals surface area (Å²) in [6, 6.07) is 7.92. The Labute approximate surface area is 113 Å². The third kappa shape index (κ3) is 2.45. The third-order valence-electron chi connectivity index (χ3n) is 4.01. The van der Waals surface area contributed by atoms with Crippen LogP contribution in [0.4, 0.5) is 0 Å². The number of nitrogens with one attached hydrogen (secondary N) is 1. The molecule has 0 spiro atoms. The highest BCUT2D eigenvalue weighted by Gasteiger charge is 2.35. The van der Waals surface area contributed by atoms with Gasteiger partial charge in [-0.05, 0) is 37.6 Å². The van der Waals surface area contributed by atoms with Crippen molar-refractivity contribution in [1.82, 2.24) is 10.2 Å². The van der Waals surface area contributed by atoms with Gasteiger partial charge >= 0.3 is 0 Å². The number of likely N-dealkylation sites (tertiary alicyclic amines) is 1. The number of carbonyl (C=O) groups excluding carboxylic acids is 1. The number of amides is 1. The number of rotatable bonds is 3. The predicted octanol–water partition coefficient (Wildman–Crippen LogP) is 1.06. The molecule has 0 radical (unpaired) electrons. The van der Waals surface area contributed by atoms with Crippen molar-refractivity contribution in [3.63, 3.8) is 0 Å². The van der Waals surface area contributed by atoms with Crippen LogP contribution in [0.25, 0.3) is 0 Å². The summed E-state index contributed by atoms with van der Waals surface area (Å²) in [5.74, 6) is 1.60. The van der Waals surface area contributed by atoms with Gasteiger partial charge < -0.3 is 15.0 Å². The minimum Gasteiger partial charge on any atom is -0.480 e. The number of hydrogen-bond acceptors (Lipinski definition) is 3. The molecule has 1 aromatic carbocycles. The van der Waals surface area contributed by atoms with Gasteiger partial charge in [-0.15, -0.1) is 0 Å². The lowest BCUT2D eigenvalue weighted by molar-refractivity contribution is -0.136. The van der Waals surface area contributed by atoms with E-state index in [1.165, 1.54) is 0 Å². The normalized spacial score (nSPS) is 25.2. The lowest BCUT2D eigenvalue weighted by atomic mass is 10.1. The van der Waals surface area contributed by atoms with Crippen molar-refractivity contribution in [2.75, 3.05) is 26.7 Å². The van der Waals surface area contributed by atoms with Crippen molar-refractivity contribution >= 4 is 5.91 Å². The summed E-state index contributed by atoms with van der Waals surface area (Å²) < 4.78 is 5.77. The molecule has 1 fully saturated rings. The molecule has 1 saturated heterocycles. The van der Waals surface area contributed by atoms with Gasteiger partial charge in [-0.3, -0.25) is 4.79 Å². The van der Waals surface area contributed by atoms with Crippen LogP contribution >= 0.6 is 0 Å². The molecule has 2 aliphatic heterocycles. The molecule has 0 bridgehead atoms. The van der Waals surface area contributed by atoms with Crippen LogP contribution in [-0.4, -0.2) is 43.6 Å². The number of nitrogens with zero attached hydrogens (tertiary/aromatic N) is 1. The molecule has 1 amide bonds. The first-order valence-corrected chi connectivity index (χ1v) is 6.96. The van der Waals surface area contributed by atoms with E-state index in [1.807, 2.05) is 36.2 Å². The third-order valence-corrected chi connectivity index (χ3v) is 4.01. The largest absolute Gasteiger partial charge is 0.480 e. The first-order valence-electron chi connectivity index (χ1n) is 6.96. The smallest absolute Gasteiger partial charge is 0.264 e. The fraction of sp³-hybridized carbons (Fsp3) is 0.533. The van der Waals surface area contributed by atoms with Crippen LogP contribution in [-0.2, 0) is 11.2 Å². The van der Waals surface area contributed by atoms with E-state index in [0.717, 1.165) is 37.4 Å². The van der Waals surface area contributed by atoms with Gasteiger partial charge in [-0.25, -0.2) is 0 Å². The molecule has 0 aliphatic carbocycles. The van der Waals surface area contributed by atoms with Crippen LogP contribution in [0.1, 0.15) is 12.0 Å². The quantitative estimate of drug-likeness (QED) is 0.883. The molecule has 102 valence electrons. The number of para-hydroxylation sites is 1. The van der Waals surface area contributed by atoms with E-state index in [0.29, 0.717) is 12.3 Å². The summed E-state index contributed by atoms with van der Waals surface area (Å²) in [4.78, 5) is 14.4. The standard InChI is InChI=1S/C15H20N2O2/c1-16-9-11-6-7-17(10-11)15(18)14-8-12-4-2-3-5-13(12)19-14/h2-5,11,14,16H,6-10H2,1H3. The second-order valence-corrected chi connectivity index (χ2v) is 5.41. The lowest BCUT2D eigenvalue weighted by Crippen LogP contribution is -2.40. The Bertz CT molecular complexity index is 450. The predicted molar refractivity (Wildman–Crippen MR) is 73.2 cm³/mol. The zero-order chi connectivity index (χ0) is 13.2. The van der Waals surface area contributed by atoms with Gasteiger partial charge in [0.15, 0.2) is 6.10 Å². The topological polar surface area (TPSA) is 41.6 Å². The second-order valence-electron chi connectivity index (χ2n) is 5.41. The summed E-state index contributed by atoms with van der Waals surface area (Å²) in [6.07, 6.45) is 1.49. The van der Waals surface area contributed by atoms with Crippen LogP contribution in [0.2, 0.25) is 0 Å². The molecule has 1 N–H and O–H groups in total. The minimum atomic E-state index is -0.314. The Balaban J connectivity index is 1.61. The van der Waals surface area contributed by atoms with Crippen LogP contribution < -0.4 is 10.1 Å². The summed E-state index contributed by atoms with van der Waals surface area (Å²) >= 11 is 0. The average molecular weight is 260 g/mol. The highest BCUT2D eigenvalue weighted by Crippen LogP contribution is 2.29. The van der Waals surface area contributed by atoms with Gasteiger partial charge in [-0.2, -0.15) is 0 Å². The Kier molecular flexibility index (Phi) is 3.42. The summed E-state index contributed by atoms with van der Waals surface area (Å²) in [5, 5.41) is 3.18. The van der Waals surface area contributed by atoms with E-state index in [2.05, 4.69) is 5.32 Å². The van der Waals surface area contributed by atoms with E-state index in [-0.39, 0.29) is 12.0 Å². The Hall–Kier alpha value is -1.55. The van der Waals surface area contributed by atoms with Crippen LogP contribution in [0, 0.1) is 5.92 Å². The molecule has 1 aromatic rings. The number of hydrogen-bond donors (Lipinski definition) is 1. The molecule has 2 heterocycles. The highest BCUT2D eigenvalue weighted by atomic mass is 16.5. The molecule has 19 heavy (non-hydrogen) atoms. The summed E-state index contributed by atoms with van der Waals surface area (Å²) in [5.41, 5.74) is 1.15. The Morgan fingerprint density at radius 3 is 3.11 bits per heavy atom. The summed E-state index contributed by atoms with van der Waals surface area (Å²) in [7, 11) is 1.96. The van der Waals surface area contributed by atoms with E-state index in [4.69, 9.17) is 4.74 Å². The van der Waals surface area contributed by atoms with E-state index >= 15 is 0 Å². The van der Waals surface area contributed by atoms with Crippen molar-refractivity contribution in [2.24, 2.45) is 5.92 Å². The van der Waals surface area contributed by atoms with Gasteiger partial charge in [0.05, 0.1) is 0 Å². The molecule has 2 atom stereocenters. The first-order chi connectivity index (χ1) is 9.28. The fourth-order valence-corrected chi connectivity index (χ4v) is 3.01. The fourth-order valence-electron chi connectivity index (χ4n) is 3.01. The van der Waals surface area contributed by atoms with E-state index in [9.17, 15) is 4.79 Å². The molecule has 0 saturated carbocycles. The maximum absolute atomic E-state index is 12.4. The first kappa shape index (κ1) is 12.5. The molecule has 2 unspecified atom stereocenters. The number of fused-ring (bicyclic) bond motifs is 1. The second kappa shape index (κ2) is 5.21. The molecular weight excluding hydrogens is 240 g/mol.